The van der Waals surface area contributed by atoms with Gasteiger partial charge in [0.05, 0.1) is 0 Å². The van der Waals surface area contributed by atoms with E-state index < -0.39 is 57.3 Å². The first-order valence-electron chi connectivity index (χ1n) is 11.8. The first-order chi connectivity index (χ1) is 16.0. The number of allylic oxidation sites excluding steroid dienone is 2. The van der Waals surface area contributed by atoms with E-state index in [0.29, 0.717) is 0 Å². The van der Waals surface area contributed by atoms with E-state index in [4.69, 9.17) is 0 Å². The second kappa shape index (κ2) is 11.7. The number of fused-ring (bicyclic) bond motifs is 2. The molecule has 2 atom stereocenters. The van der Waals surface area contributed by atoms with E-state index in [9.17, 15) is 9.59 Å². The zero-order valence-corrected chi connectivity index (χ0v) is 28.5. The van der Waals surface area contributed by atoms with Crippen LogP contribution < -0.4 is 8.05 Å². The monoisotopic (exact) mass is 622 g/mol. The van der Waals surface area contributed by atoms with Crippen molar-refractivity contribution in [1.29, 1.82) is 0 Å². The molecule has 0 spiro atoms. The molecule has 4 nitrogen and oxygen atoms in total. The van der Waals surface area contributed by atoms with Gasteiger partial charge in [-0.3, -0.25) is 0 Å². The van der Waals surface area contributed by atoms with E-state index in [0.717, 1.165) is 7.25 Å². The van der Waals surface area contributed by atoms with Gasteiger partial charge in [-0.15, -0.1) is 0 Å². The molecule has 0 fully saturated rings. The minimum absolute atomic E-state index is 0.165. The minimum atomic E-state index is -1.72. The van der Waals surface area contributed by atoms with Crippen LogP contribution in [0.25, 0.3) is 12.2 Å². The van der Waals surface area contributed by atoms with Crippen LogP contribution in [-0.2, 0) is 23.2 Å². The van der Waals surface area contributed by atoms with E-state index in [2.05, 4.69) is 80.9 Å². The molecule has 2 aliphatic carbocycles. The molecule has 0 aliphatic heterocycles. The van der Waals surface area contributed by atoms with Crippen LogP contribution in [0.2, 0.25) is 39.3 Å². The zero-order valence-electron chi connectivity index (χ0n) is 21.1. The van der Waals surface area contributed by atoms with Gasteiger partial charge in [-0.1, -0.05) is 0 Å². The first-order valence-corrected chi connectivity index (χ1v) is 24.6. The van der Waals surface area contributed by atoms with Crippen LogP contribution in [0.3, 0.4) is 0 Å². The summed E-state index contributed by atoms with van der Waals surface area (Å²) >= 11 is -1.95. The van der Waals surface area contributed by atoms with Crippen LogP contribution in [0.1, 0.15) is 29.5 Å². The average Bonchev–Trinajstić information content (AvgIpc) is 3.38. The third-order valence-corrected chi connectivity index (χ3v) is 16.7. The molecule has 2 aliphatic rings. The van der Waals surface area contributed by atoms with Crippen molar-refractivity contribution in [3.63, 3.8) is 0 Å². The van der Waals surface area contributed by atoms with Crippen LogP contribution in [0, 0.1) is 0 Å². The van der Waals surface area contributed by atoms with E-state index in [1.165, 1.54) is 11.1 Å². The number of benzene rings is 2. The summed E-state index contributed by atoms with van der Waals surface area (Å²) in [7, 11) is -3.44. The van der Waals surface area contributed by atoms with Crippen molar-refractivity contribution in [3.8, 4) is 0 Å². The normalized spacial score (nSPS) is 17.7. The molecule has 0 heterocycles. The molecule has 2 N–H and O–H groups in total. The van der Waals surface area contributed by atoms with Gasteiger partial charge >= 0.3 is 228 Å². The first kappa shape index (κ1) is 27.4. The van der Waals surface area contributed by atoms with E-state index in [1.807, 2.05) is 39.3 Å². The molecule has 2 amide bonds. The number of rotatable bonds is 6. The molecule has 0 radical (unpaired) electrons. The van der Waals surface area contributed by atoms with Crippen molar-refractivity contribution < 1.29 is 32.8 Å². The Hall–Kier alpha value is -1.19. The van der Waals surface area contributed by atoms with Crippen LogP contribution >= 0.6 is 0 Å². The quantitative estimate of drug-likeness (QED) is 0.381. The molecule has 8 heteroatoms. The van der Waals surface area contributed by atoms with Gasteiger partial charge in [-0.05, 0) is 0 Å². The van der Waals surface area contributed by atoms with Gasteiger partial charge in [-0.25, -0.2) is 0 Å². The number of carbonyl (C=O) groups excluding carboxylic acids is 2. The number of hydrogen-bond acceptors (Lipinski definition) is 2. The fourth-order valence-electron chi connectivity index (χ4n) is 3.72. The number of carbonyl (C=O) groups is 2. The standard InChI is InChI=1S/2C9H7.2C4H11NOSi.Ga.Zr.H/c2*1-2-5-9-7-3-6-8(9)4-1;2*1-7(2,3)4(5)6;;;/h2*1-7H;2*1-3H3,(H2,5,6);;;/q;;;;+2;;/p-2. The average molecular weight is 625 g/mol. The molecule has 4 rings (SSSR count). The topological polar surface area (TPSA) is 58.2 Å². The van der Waals surface area contributed by atoms with Gasteiger partial charge in [0.2, 0.25) is 0 Å². The number of hydrogen-bond donors (Lipinski definition) is 2. The molecule has 0 aromatic heterocycles. The third-order valence-electron chi connectivity index (χ3n) is 5.82. The van der Waals surface area contributed by atoms with E-state index >= 15 is 0 Å². The summed E-state index contributed by atoms with van der Waals surface area (Å²) in [4.78, 5) is 23.1. The maximum atomic E-state index is 11.6. The number of nitrogens with one attached hydrogen (secondary N) is 2. The van der Waals surface area contributed by atoms with E-state index in [-0.39, 0.29) is 11.1 Å². The molecule has 0 saturated carbocycles. The summed E-state index contributed by atoms with van der Waals surface area (Å²) in [6.45, 7) is 12.0. The molecule has 34 heavy (non-hydrogen) atoms. The van der Waals surface area contributed by atoms with Crippen LogP contribution in [0.15, 0.2) is 60.7 Å². The van der Waals surface area contributed by atoms with Gasteiger partial charge in [-0.2, -0.15) is 0 Å². The predicted octanol–water partition coefficient (Wildman–Crippen LogP) is 6.12. The van der Waals surface area contributed by atoms with Crippen molar-refractivity contribution >= 4 is 57.3 Å². The summed E-state index contributed by atoms with van der Waals surface area (Å²) in [6, 6.07) is 17.7. The molecule has 2 unspecified atom stereocenters. The Balaban J connectivity index is 0.000000198. The van der Waals surface area contributed by atoms with Crippen molar-refractivity contribution in [2.24, 2.45) is 0 Å². The molecular weight excluding hydrogens is 589 g/mol. The zero-order chi connectivity index (χ0) is 24.9. The number of amides is 2. The van der Waals surface area contributed by atoms with Crippen molar-refractivity contribution in [1.82, 2.24) is 8.05 Å². The van der Waals surface area contributed by atoms with E-state index in [1.54, 1.807) is 11.1 Å². The molecular formula is C26H35GaN2O2Si2Zr. The molecule has 2 aromatic rings. The molecule has 2 aromatic carbocycles. The van der Waals surface area contributed by atoms with Crippen LogP contribution in [0.5, 0.6) is 0 Å². The Bertz CT molecular complexity index is 1020. The summed E-state index contributed by atoms with van der Waals surface area (Å²) in [5, 5.41) is 0. The Kier molecular flexibility index (Phi) is 9.43. The van der Waals surface area contributed by atoms with Gasteiger partial charge in [0.25, 0.3) is 0 Å². The fourth-order valence-corrected chi connectivity index (χ4v) is 17.4. The van der Waals surface area contributed by atoms with Gasteiger partial charge in [0.15, 0.2) is 0 Å². The Morgan fingerprint density at radius 1 is 0.706 bits per heavy atom. The van der Waals surface area contributed by atoms with Crippen LogP contribution in [0.4, 0.5) is 9.59 Å². The second-order valence-electron chi connectivity index (χ2n) is 10.8. The molecule has 0 bridgehead atoms. The van der Waals surface area contributed by atoms with Crippen molar-refractivity contribution in [2.75, 3.05) is 0 Å². The van der Waals surface area contributed by atoms with Gasteiger partial charge in [0, 0.05) is 0 Å². The van der Waals surface area contributed by atoms with Gasteiger partial charge < -0.3 is 0 Å². The predicted molar refractivity (Wildman–Crippen MR) is 147 cm³/mol. The van der Waals surface area contributed by atoms with Crippen molar-refractivity contribution in [2.45, 2.75) is 46.5 Å². The Labute approximate surface area is 226 Å². The van der Waals surface area contributed by atoms with Gasteiger partial charge in [0.1, 0.15) is 0 Å². The molecule has 0 saturated heterocycles. The summed E-state index contributed by atoms with van der Waals surface area (Å²) in [6.07, 6.45) is 9.49. The summed E-state index contributed by atoms with van der Waals surface area (Å²) in [5.41, 5.74) is 6.32. The SMILES string of the molecule is C1=C[CH]([Zr][CH]2C=Cc3ccccc32)c2ccccc21.C[Si](C)(C)C(=O)[NH][GaH][NH]C(=O)[Si](C)(C)C. The summed E-state index contributed by atoms with van der Waals surface area (Å²) in [5.74, 6) is 0. The third kappa shape index (κ3) is 7.41. The molecule has 176 valence electrons. The van der Waals surface area contributed by atoms with Crippen molar-refractivity contribution in [3.05, 3.63) is 82.9 Å². The summed E-state index contributed by atoms with van der Waals surface area (Å²) < 4.78 is 7.33. The second-order valence-corrected chi connectivity index (χ2v) is 26.8. The maximum absolute atomic E-state index is 11.6. The van der Waals surface area contributed by atoms with Crippen LogP contribution in [-0.4, -0.2) is 45.1 Å². The Morgan fingerprint density at radius 2 is 1.09 bits per heavy atom. The fraction of sp³-hybridized carbons (Fsp3) is 0.308. The Morgan fingerprint density at radius 3 is 1.47 bits per heavy atom.